The van der Waals surface area contributed by atoms with Crippen LogP contribution < -0.4 is 9.46 Å². The minimum atomic E-state index is -4.23. The third-order valence-corrected chi connectivity index (χ3v) is 6.06. The number of aryl methyl sites for hydroxylation is 2. The van der Waals surface area contributed by atoms with Crippen LogP contribution in [0.5, 0.6) is 5.75 Å². The maximum Gasteiger partial charge on any atom is 0.265 e. The number of aromatic nitrogens is 3. The number of fused-ring (bicyclic) bond motifs is 1. The van der Waals surface area contributed by atoms with E-state index >= 15 is 0 Å². The number of nitrogens with one attached hydrogen (secondary N) is 1. The van der Waals surface area contributed by atoms with Gasteiger partial charge in [0.1, 0.15) is 22.3 Å². The van der Waals surface area contributed by atoms with Crippen molar-refractivity contribution in [1.82, 2.24) is 14.6 Å². The number of halogens is 2. The van der Waals surface area contributed by atoms with E-state index in [1.165, 1.54) is 19.2 Å². The Morgan fingerprint density at radius 2 is 1.74 bits per heavy atom. The second-order valence-electron chi connectivity index (χ2n) is 6.96. The highest BCUT2D eigenvalue weighted by molar-refractivity contribution is 7.92. The van der Waals surface area contributed by atoms with Crippen molar-refractivity contribution >= 4 is 21.4 Å². The van der Waals surface area contributed by atoms with Crippen molar-refractivity contribution in [1.29, 1.82) is 0 Å². The van der Waals surface area contributed by atoms with Crippen molar-refractivity contribution < 1.29 is 21.9 Å². The molecule has 4 aromatic rings. The lowest BCUT2D eigenvalue weighted by Crippen LogP contribution is -2.14. The first-order valence-electron chi connectivity index (χ1n) is 9.17. The maximum absolute atomic E-state index is 13.5. The third kappa shape index (κ3) is 3.93. The Balaban J connectivity index is 1.83. The molecule has 0 saturated carbocycles. The van der Waals surface area contributed by atoms with Crippen LogP contribution >= 0.6 is 0 Å². The Morgan fingerprint density at radius 3 is 2.42 bits per heavy atom. The molecule has 4 rings (SSSR count). The van der Waals surface area contributed by atoms with Gasteiger partial charge in [0.25, 0.3) is 10.0 Å². The van der Waals surface area contributed by atoms with Gasteiger partial charge in [-0.05, 0) is 49.7 Å². The summed E-state index contributed by atoms with van der Waals surface area (Å²) in [7, 11) is -2.90. The monoisotopic (exact) mass is 444 g/mol. The van der Waals surface area contributed by atoms with Crippen molar-refractivity contribution in [2.24, 2.45) is 0 Å². The molecule has 0 atom stereocenters. The van der Waals surface area contributed by atoms with E-state index in [0.717, 1.165) is 23.5 Å². The Kier molecular flexibility index (Phi) is 5.10. The van der Waals surface area contributed by atoms with Gasteiger partial charge in [-0.3, -0.25) is 4.72 Å². The van der Waals surface area contributed by atoms with Gasteiger partial charge in [0, 0.05) is 23.0 Å². The molecule has 0 unspecified atom stereocenters. The minimum Gasteiger partial charge on any atom is -0.495 e. The SMILES string of the molecule is COc1ccc(-c2cnn3c(C)cc(C)nc23)cc1S(=O)(=O)Nc1cc(F)cc(F)c1. The number of sulfonamides is 1. The van der Waals surface area contributed by atoms with E-state index in [1.54, 1.807) is 16.8 Å². The lowest BCUT2D eigenvalue weighted by atomic mass is 10.1. The first-order valence-corrected chi connectivity index (χ1v) is 10.7. The number of anilines is 1. The predicted molar refractivity (Wildman–Crippen MR) is 112 cm³/mol. The summed E-state index contributed by atoms with van der Waals surface area (Å²) in [5.41, 5.74) is 3.18. The van der Waals surface area contributed by atoms with Gasteiger partial charge >= 0.3 is 0 Å². The molecule has 7 nitrogen and oxygen atoms in total. The number of ether oxygens (including phenoxy) is 1. The summed E-state index contributed by atoms with van der Waals surface area (Å²) in [6.45, 7) is 3.75. The molecule has 0 fully saturated rings. The van der Waals surface area contributed by atoms with Crippen LogP contribution in [0.4, 0.5) is 14.5 Å². The molecule has 0 amide bonds. The first-order chi connectivity index (χ1) is 14.7. The number of hydrogen-bond acceptors (Lipinski definition) is 5. The third-order valence-electron chi connectivity index (χ3n) is 4.66. The zero-order valence-corrected chi connectivity index (χ0v) is 17.7. The molecule has 0 spiro atoms. The van der Waals surface area contributed by atoms with E-state index in [1.807, 2.05) is 19.9 Å². The lowest BCUT2D eigenvalue weighted by Gasteiger charge is -2.13. The van der Waals surface area contributed by atoms with Gasteiger partial charge in [0.15, 0.2) is 5.65 Å². The average molecular weight is 444 g/mol. The lowest BCUT2D eigenvalue weighted by molar-refractivity contribution is 0.403. The first kappa shape index (κ1) is 20.7. The van der Waals surface area contributed by atoms with Gasteiger partial charge in [0.2, 0.25) is 0 Å². The molecule has 0 bridgehead atoms. The average Bonchev–Trinajstić information content (AvgIpc) is 3.10. The van der Waals surface area contributed by atoms with Crippen LogP contribution in [0.3, 0.4) is 0 Å². The van der Waals surface area contributed by atoms with Crippen LogP contribution in [0.25, 0.3) is 16.8 Å². The van der Waals surface area contributed by atoms with E-state index in [0.29, 0.717) is 22.8 Å². The van der Waals surface area contributed by atoms with Crippen molar-refractivity contribution in [3.8, 4) is 16.9 Å². The smallest absolute Gasteiger partial charge is 0.265 e. The number of benzene rings is 2. The second kappa shape index (κ2) is 7.62. The highest BCUT2D eigenvalue weighted by Crippen LogP contribution is 2.33. The van der Waals surface area contributed by atoms with Crippen LogP contribution in [-0.4, -0.2) is 30.1 Å². The standard InChI is InChI=1S/C21H18F2N4O3S/c1-12-6-13(2)27-21(25-12)18(11-24-27)14-4-5-19(30-3)20(7-14)31(28,29)26-17-9-15(22)8-16(23)10-17/h4-11,26H,1-3H3. The Hall–Kier alpha value is -3.53. The molecule has 0 saturated heterocycles. The van der Waals surface area contributed by atoms with Gasteiger partial charge in [-0.15, -0.1) is 0 Å². The molecule has 2 heterocycles. The second-order valence-corrected chi connectivity index (χ2v) is 8.61. The Labute approximate surface area is 177 Å². The summed E-state index contributed by atoms with van der Waals surface area (Å²) in [6, 6.07) is 8.91. The summed E-state index contributed by atoms with van der Waals surface area (Å²) in [5, 5.41) is 4.33. The number of hydrogen-bond donors (Lipinski definition) is 1. The van der Waals surface area contributed by atoms with E-state index in [2.05, 4.69) is 14.8 Å². The molecule has 31 heavy (non-hydrogen) atoms. The molecule has 2 aromatic carbocycles. The summed E-state index contributed by atoms with van der Waals surface area (Å²) < 4.78 is 62.1. The van der Waals surface area contributed by atoms with Crippen molar-refractivity contribution in [2.45, 2.75) is 18.7 Å². The van der Waals surface area contributed by atoms with E-state index in [4.69, 9.17) is 4.74 Å². The number of rotatable bonds is 5. The minimum absolute atomic E-state index is 0.0740. The largest absolute Gasteiger partial charge is 0.495 e. The van der Waals surface area contributed by atoms with Crippen LogP contribution in [0, 0.1) is 25.5 Å². The highest BCUT2D eigenvalue weighted by Gasteiger charge is 2.22. The van der Waals surface area contributed by atoms with Gasteiger partial charge in [-0.1, -0.05) is 6.07 Å². The van der Waals surface area contributed by atoms with E-state index in [9.17, 15) is 17.2 Å². The van der Waals surface area contributed by atoms with Crippen LogP contribution in [0.2, 0.25) is 0 Å². The van der Waals surface area contributed by atoms with Crippen LogP contribution in [0.15, 0.2) is 53.6 Å². The molecule has 10 heteroatoms. The fraction of sp³-hybridized carbons (Fsp3) is 0.143. The van der Waals surface area contributed by atoms with Crippen LogP contribution in [0.1, 0.15) is 11.4 Å². The zero-order valence-electron chi connectivity index (χ0n) is 16.8. The fourth-order valence-electron chi connectivity index (χ4n) is 3.35. The Bertz CT molecular complexity index is 1400. The molecular weight excluding hydrogens is 426 g/mol. The normalized spacial score (nSPS) is 11.6. The van der Waals surface area contributed by atoms with Gasteiger partial charge in [-0.2, -0.15) is 5.10 Å². The molecule has 0 aliphatic rings. The summed E-state index contributed by atoms with van der Waals surface area (Å²) in [6.07, 6.45) is 1.60. The predicted octanol–water partition coefficient (Wildman–Crippen LogP) is 4.10. The Morgan fingerprint density at radius 1 is 1.03 bits per heavy atom. The quantitative estimate of drug-likeness (QED) is 0.501. The molecule has 0 aliphatic heterocycles. The van der Waals surface area contributed by atoms with E-state index in [-0.39, 0.29) is 16.3 Å². The summed E-state index contributed by atoms with van der Waals surface area (Å²) in [4.78, 5) is 4.32. The number of methoxy groups -OCH3 is 1. The molecule has 1 N–H and O–H groups in total. The van der Waals surface area contributed by atoms with Gasteiger partial charge in [-0.25, -0.2) is 26.7 Å². The topological polar surface area (TPSA) is 85.6 Å². The molecule has 0 aliphatic carbocycles. The highest BCUT2D eigenvalue weighted by atomic mass is 32.2. The number of nitrogens with zero attached hydrogens (tertiary/aromatic N) is 3. The van der Waals surface area contributed by atoms with Crippen molar-refractivity contribution in [2.75, 3.05) is 11.8 Å². The van der Waals surface area contributed by atoms with Crippen LogP contribution in [-0.2, 0) is 10.0 Å². The van der Waals surface area contributed by atoms with E-state index < -0.39 is 21.7 Å². The summed E-state index contributed by atoms with van der Waals surface area (Å²) >= 11 is 0. The zero-order chi connectivity index (χ0) is 22.3. The summed E-state index contributed by atoms with van der Waals surface area (Å²) in [5.74, 6) is -1.73. The van der Waals surface area contributed by atoms with Crippen molar-refractivity contribution in [3.63, 3.8) is 0 Å². The van der Waals surface area contributed by atoms with Gasteiger partial charge in [0.05, 0.1) is 19.0 Å². The fourth-order valence-corrected chi connectivity index (χ4v) is 4.59. The molecule has 0 radical (unpaired) electrons. The van der Waals surface area contributed by atoms with Crippen molar-refractivity contribution in [3.05, 3.63) is 71.7 Å². The molecule has 160 valence electrons. The molecule has 2 aromatic heterocycles. The van der Waals surface area contributed by atoms with Gasteiger partial charge < -0.3 is 4.74 Å². The molecular formula is C21H18F2N4O3S. The maximum atomic E-state index is 13.5.